The molecule has 0 amide bonds. The Kier molecular flexibility index (Phi) is 5.34. The highest BCUT2D eigenvalue weighted by Gasteiger charge is 1.88. The van der Waals surface area contributed by atoms with Crippen LogP contribution < -0.4 is 0 Å². The van der Waals surface area contributed by atoms with Gasteiger partial charge in [0.25, 0.3) is 0 Å². The molecule has 0 bridgehead atoms. The van der Waals surface area contributed by atoms with Crippen LogP contribution in [-0.2, 0) is 0 Å². The van der Waals surface area contributed by atoms with Crippen LogP contribution in [0.2, 0.25) is 0 Å². The van der Waals surface area contributed by atoms with Crippen molar-refractivity contribution in [2.45, 2.75) is 5.50 Å². The average molecular weight is 168 g/mol. The van der Waals surface area contributed by atoms with Gasteiger partial charge in [0.15, 0.2) is 5.50 Å². The van der Waals surface area contributed by atoms with Gasteiger partial charge < -0.3 is 0 Å². The zero-order valence-electron chi connectivity index (χ0n) is 3.84. The molecule has 0 aromatic carbocycles. The van der Waals surface area contributed by atoms with Crippen LogP contribution in [0.3, 0.4) is 0 Å². The van der Waals surface area contributed by atoms with E-state index in [2.05, 4.69) is 22.4 Å². The normalized spacial score (nSPS) is 13.2. The number of nitrogens with zero attached hydrogens (tertiary/aromatic N) is 1. The lowest BCUT2D eigenvalue weighted by Crippen LogP contribution is -1.82. The highest BCUT2D eigenvalue weighted by molar-refractivity contribution is 7.78. The van der Waals surface area contributed by atoms with Crippen molar-refractivity contribution in [1.29, 1.82) is 0 Å². The molecular weight excluding hydrogens is 165 g/mol. The summed E-state index contributed by atoms with van der Waals surface area (Å²) in [6.45, 7) is 0. The van der Waals surface area contributed by atoms with Gasteiger partial charge >= 0.3 is 0 Å². The van der Waals surface area contributed by atoms with Crippen molar-refractivity contribution in [1.82, 2.24) is 0 Å². The van der Waals surface area contributed by atoms with E-state index in [1.165, 1.54) is 11.6 Å². The third-order valence-electron chi connectivity index (χ3n) is 0.408. The molecule has 0 spiro atoms. The maximum atomic E-state index is 5.41. The standard InChI is InChI=1S/C4H3Cl2NS/c5-2-1-4(6)7-3-8/h1-2,4H/b2-1+. The summed E-state index contributed by atoms with van der Waals surface area (Å²) in [4.78, 5) is 3.47. The molecule has 0 aliphatic carbocycles. The summed E-state index contributed by atoms with van der Waals surface area (Å²) in [5.41, 5.74) is 0.818. The molecule has 0 fully saturated rings. The van der Waals surface area contributed by atoms with Gasteiger partial charge in [0.1, 0.15) is 0 Å². The van der Waals surface area contributed by atoms with Crippen molar-refractivity contribution in [2.24, 2.45) is 4.99 Å². The maximum absolute atomic E-state index is 5.41. The molecule has 0 radical (unpaired) electrons. The summed E-state index contributed by atoms with van der Waals surface area (Å²) in [5.74, 6) is 0. The topological polar surface area (TPSA) is 12.4 Å². The SMILES string of the molecule is S=C=NC(Cl)/C=C/Cl. The van der Waals surface area contributed by atoms with Crippen molar-refractivity contribution < 1.29 is 0 Å². The zero-order chi connectivity index (χ0) is 6.41. The van der Waals surface area contributed by atoms with E-state index in [4.69, 9.17) is 23.2 Å². The molecular formula is C4H3Cl2NS. The van der Waals surface area contributed by atoms with Crippen LogP contribution in [0.25, 0.3) is 0 Å². The molecule has 0 aromatic rings. The largest absolute Gasteiger partial charge is 0.208 e. The molecule has 1 atom stereocenters. The fourth-order valence-electron chi connectivity index (χ4n) is 0.153. The van der Waals surface area contributed by atoms with E-state index in [1.807, 2.05) is 0 Å². The summed E-state index contributed by atoms with van der Waals surface area (Å²) in [6, 6.07) is 0. The lowest BCUT2D eigenvalue weighted by atomic mass is 10.6. The smallest absolute Gasteiger partial charge is 0.153 e. The Morgan fingerprint density at radius 2 is 2.38 bits per heavy atom. The van der Waals surface area contributed by atoms with E-state index in [1.54, 1.807) is 0 Å². The van der Waals surface area contributed by atoms with E-state index in [-0.39, 0.29) is 0 Å². The lowest BCUT2D eigenvalue weighted by molar-refractivity contribution is 1.16. The number of alkyl halides is 1. The minimum absolute atomic E-state index is 0.468. The second-order valence-corrected chi connectivity index (χ2v) is 1.79. The van der Waals surface area contributed by atoms with Gasteiger partial charge in [0.2, 0.25) is 0 Å². The number of hydrogen-bond donors (Lipinski definition) is 0. The van der Waals surface area contributed by atoms with Crippen molar-refractivity contribution in [2.75, 3.05) is 0 Å². The minimum atomic E-state index is -0.468. The van der Waals surface area contributed by atoms with Crippen LogP contribution in [0.15, 0.2) is 16.6 Å². The molecule has 0 aliphatic heterocycles. The van der Waals surface area contributed by atoms with Gasteiger partial charge in [0.05, 0.1) is 5.16 Å². The molecule has 0 saturated carbocycles. The molecule has 0 rings (SSSR count). The summed E-state index contributed by atoms with van der Waals surface area (Å²) in [5, 5.41) is 2.12. The number of thiocarbonyl (C=S) groups is 1. The van der Waals surface area contributed by atoms with Crippen molar-refractivity contribution in [3.63, 3.8) is 0 Å². The Morgan fingerprint density at radius 1 is 1.75 bits per heavy atom. The van der Waals surface area contributed by atoms with E-state index >= 15 is 0 Å². The van der Waals surface area contributed by atoms with Gasteiger partial charge in [-0.05, 0) is 18.3 Å². The monoisotopic (exact) mass is 167 g/mol. The van der Waals surface area contributed by atoms with E-state index < -0.39 is 5.50 Å². The van der Waals surface area contributed by atoms with Gasteiger partial charge in [-0.25, -0.2) is 4.99 Å². The predicted octanol–water partition coefficient (Wildman–Crippen LogP) is 2.41. The van der Waals surface area contributed by atoms with Crippen LogP contribution in [0, 0.1) is 0 Å². The van der Waals surface area contributed by atoms with E-state index in [0.717, 1.165) is 0 Å². The van der Waals surface area contributed by atoms with Crippen LogP contribution in [0.5, 0.6) is 0 Å². The Balaban J connectivity index is 3.64. The molecule has 8 heavy (non-hydrogen) atoms. The third kappa shape index (κ3) is 4.28. The fourth-order valence-corrected chi connectivity index (χ4v) is 0.659. The highest BCUT2D eigenvalue weighted by atomic mass is 35.5. The van der Waals surface area contributed by atoms with Crippen molar-refractivity contribution in [3.05, 3.63) is 11.6 Å². The summed E-state index contributed by atoms with van der Waals surface area (Å²) < 4.78 is 0. The average Bonchev–Trinajstić information content (AvgIpc) is 1.68. The maximum Gasteiger partial charge on any atom is 0.153 e. The Bertz CT molecular complexity index is 128. The molecule has 0 saturated heterocycles. The lowest BCUT2D eigenvalue weighted by Gasteiger charge is -1.85. The quantitative estimate of drug-likeness (QED) is 0.267. The number of halogens is 2. The Labute approximate surface area is 63.0 Å². The van der Waals surface area contributed by atoms with Crippen LogP contribution >= 0.6 is 35.4 Å². The van der Waals surface area contributed by atoms with Gasteiger partial charge in [-0.1, -0.05) is 23.2 Å². The second kappa shape index (κ2) is 5.26. The van der Waals surface area contributed by atoms with Gasteiger partial charge in [-0.3, -0.25) is 0 Å². The number of rotatable bonds is 2. The summed E-state index contributed by atoms with van der Waals surface area (Å²) >= 11 is 14.8. The summed E-state index contributed by atoms with van der Waals surface area (Å²) in [7, 11) is 0. The number of isothiocyanates is 1. The number of aliphatic imine (C=N–C) groups is 1. The van der Waals surface area contributed by atoms with Gasteiger partial charge in [0, 0.05) is 5.54 Å². The molecule has 4 heteroatoms. The number of hydrogen-bond acceptors (Lipinski definition) is 2. The third-order valence-corrected chi connectivity index (χ3v) is 0.902. The molecule has 0 aliphatic rings. The van der Waals surface area contributed by atoms with Crippen LogP contribution in [0.4, 0.5) is 0 Å². The molecule has 0 heterocycles. The molecule has 1 unspecified atom stereocenters. The highest BCUT2D eigenvalue weighted by Crippen LogP contribution is 1.98. The van der Waals surface area contributed by atoms with Crippen molar-refractivity contribution in [3.8, 4) is 0 Å². The van der Waals surface area contributed by atoms with Gasteiger partial charge in [-0.2, -0.15) is 0 Å². The predicted molar refractivity (Wildman–Crippen MR) is 39.7 cm³/mol. The second-order valence-electron chi connectivity index (χ2n) is 0.911. The first-order valence-electron chi connectivity index (χ1n) is 1.79. The minimum Gasteiger partial charge on any atom is -0.208 e. The zero-order valence-corrected chi connectivity index (χ0v) is 6.17. The first-order valence-corrected chi connectivity index (χ1v) is 3.07. The molecule has 44 valence electrons. The van der Waals surface area contributed by atoms with E-state index in [9.17, 15) is 0 Å². The Hall–Kier alpha value is 0.120. The molecule has 0 aromatic heterocycles. The van der Waals surface area contributed by atoms with Crippen molar-refractivity contribution >= 4 is 40.6 Å². The first-order chi connectivity index (χ1) is 3.81. The molecule has 0 N–H and O–H groups in total. The summed E-state index contributed by atoms with van der Waals surface area (Å²) in [6.07, 6.45) is 1.49. The van der Waals surface area contributed by atoms with Gasteiger partial charge in [-0.15, -0.1) is 0 Å². The van der Waals surface area contributed by atoms with Crippen LogP contribution in [0.1, 0.15) is 0 Å². The Morgan fingerprint density at radius 3 is 2.75 bits per heavy atom. The van der Waals surface area contributed by atoms with Crippen LogP contribution in [-0.4, -0.2) is 10.7 Å². The fraction of sp³-hybridized carbons (Fsp3) is 0.250. The first kappa shape index (κ1) is 8.12. The van der Waals surface area contributed by atoms with E-state index in [0.29, 0.717) is 0 Å². The molecule has 1 nitrogen and oxygen atoms in total.